The third kappa shape index (κ3) is 3.47. The fourth-order valence-electron chi connectivity index (χ4n) is 3.38. The summed E-state index contributed by atoms with van der Waals surface area (Å²) in [4.78, 5) is 4.71. The van der Waals surface area contributed by atoms with Crippen molar-refractivity contribution >= 4 is 0 Å². The zero-order valence-corrected chi connectivity index (χ0v) is 16.0. The first-order valence-corrected chi connectivity index (χ1v) is 9.33. The molecule has 28 heavy (non-hydrogen) atoms. The molecule has 2 aromatic heterocycles. The second kappa shape index (κ2) is 7.58. The van der Waals surface area contributed by atoms with Crippen LogP contribution in [0.3, 0.4) is 0 Å². The van der Waals surface area contributed by atoms with E-state index in [4.69, 9.17) is 9.40 Å². The molecule has 4 heteroatoms. The number of hydrogen-bond acceptors (Lipinski definition) is 3. The number of nitriles is 1. The van der Waals surface area contributed by atoms with E-state index >= 15 is 0 Å². The van der Waals surface area contributed by atoms with Crippen molar-refractivity contribution in [1.82, 2.24) is 9.55 Å². The molecule has 0 aliphatic rings. The molecule has 0 saturated carbocycles. The van der Waals surface area contributed by atoms with E-state index in [1.807, 2.05) is 55.5 Å². The van der Waals surface area contributed by atoms with Gasteiger partial charge in [0.2, 0.25) is 5.89 Å². The molecule has 0 radical (unpaired) electrons. The first kappa shape index (κ1) is 17.8. The summed E-state index contributed by atoms with van der Waals surface area (Å²) in [5.74, 6) is 1.50. The second-order valence-electron chi connectivity index (χ2n) is 6.85. The Morgan fingerprint density at radius 2 is 1.71 bits per heavy atom. The minimum atomic E-state index is 0.636. The van der Waals surface area contributed by atoms with Crippen LogP contribution in [0, 0.1) is 25.2 Å². The van der Waals surface area contributed by atoms with Gasteiger partial charge in [0.25, 0.3) is 0 Å². The number of aromatic nitrogens is 2. The second-order valence-corrected chi connectivity index (χ2v) is 6.85. The number of hydrogen-bond donors (Lipinski definition) is 0. The molecule has 0 amide bonds. The van der Waals surface area contributed by atoms with Gasteiger partial charge in [-0.3, -0.25) is 0 Å². The van der Waals surface area contributed by atoms with Crippen LogP contribution in [-0.2, 0) is 13.0 Å². The summed E-state index contributed by atoms with van der Waals surface area (Å²) in [5, 5.41) is 9.31. The standard InChI is InChI=1S/C24H21N3O/c1-17-6-5-14-27(17)15-13-23-18(2)28-24(26-23)20-11-9-19(10-12-20)22-8-4-3-7-21(22)16-25/h3-12,14H,13,15H2,1-2H3. The van der Waals surface area contributed by atoms with Crippen LogP contribution < -0.4 is 0 Å². The highest BCUT2D eigenvalue weighted by Crippen LogP contribution is 2.28. The van der Waals surface area contributed by atoms with Crippen LogP contribution in [-0.4, -0.2) is 9.55 Å². The smallest absolute Gasteiger partial charge is 0.226 e. The van der Waals surface area contributed by atoms with E-state index < -0.39 is 0 Å². The Labute approximate surface area is 164 Å². The van der Waals surface area contributed by atoms with E-state index in [1.54, 1.807) is 0 Å². The number of rotatable bonds is 5. The summed E-state index contributed by atoms with van der Waals surface area (Å²) < 4.78 is 8.14. The molecule has 4 aromatic rings. The van der Waals surface area contributed by atoms with Crippen molar-refractivity contribution in [2.24, 2.45) is 0 Å². The average Bonchev–Trinajstić information content (AvgIpc) is 3.31. The van der Waals surface area contributed by atoms with Gasteiger partial charge in [-0.15, -0.1) is 0 Å². The van der Waals surface area contributed by atoms with Crippen molar-refractivity contribution < 1.29 is 4.42 Å². The molecular weight excluding hydrogens is 346 g/mol. The summed E-state index contributed by atoms with van der Waals surface area (Å²) in [6, 6.07) is 22.0. The highest BCUT2D eigenvalue weighted by Gasteiger charge is 2.12. The average molecular weight is 367 g/mol. The molecule has 0 fully saturated rings. The minimum Gasteiger partial charge on any atom is -0.441 e. The van der Waals surface area contributed by atoms with Gasteiger partial charge in [0.05, 0.1) is 17.3 Å². The number of benzene rings is 2. The predicted octanol–water partition coefficient (Wildman–Crippen LogP) is 5.54. The molecular formula is C24H21N3O. The SMILES string of the molecule is Cc1oc(-c2ccc(-c3ccccc3C#N)cc2)nc1CCn1cccc1C. The van der Waals surface area contributed by atoms with Gasteiger partial charge in [-0.05, 0) is 55.3 Å². The van der Waals surface area contributed by atoms with Gasteiger partial charge in [0, 0.05) is 30.4 Å². The molecule has 2 heterocycles. The first-order chi connectivity index (χ1) is 13.7. The topological polar surface area (TPSA) is 54.8 Å². The Morgan fingerprint density at radius 3 is 2.43 bits per heavy atom. The third-order valence-corrected chi connectivity index (χ3v) is 5.03. The lowest BCUT2D eigenvalue weighted by Crippen LogP contribution is -2.02. The van der Waals surface area contributed by atoms with Crippen molar-refractivity contribution in [3.63, 3.8) is 0 Å². The van der Waals surface area contributed by atoms with Crippen LogP contribution in [0.4, 0.5) is 0 Å². The summed E-state index contributed by atoms with van der Waals surface area (Å²) >= 11 is 0. The van der Waals surface area contributed by atoms with Crippen molar-refractivity contribution in [3.05, 3.63) is 89.6 Å². The zero-order chi connectivity index (χ0) is 19.5. The molecule has 4 nitrogen and oxygen atoms in total. The van der Waals surface area contributed by atoms with Crippen LogP contribution in [0.1, 0.15) is 22.7 Å². The Morgan fingerprint density at radius 1 is 0.964 bits per heavy atom. The fourth-order valence-corrected chi connectivity index (χ4v) is 3.38. The van der Waals surface area contributed by atoms with Gasteiger partial charge in [0.1, 0.15) is 5.76 Å². The Balaban J connectivity index is 1.55. The molecule has 138 valence electrons. The van der Waals surface area contributed by atoms with Crippen LogP contribution in [0.15, 0.2) is 71.3 Å². The largest absolute Gasteiger partial charge is 0.441 e. The highest BCUT2D eigenvalue weighted by molar-refractivity contribution is 5.72. The van der Waals surface area contributed by atoms with Gasteiger partial charge in [-0.2, -0.15) is 5.26 Å². The van der Waals surface area contributed by atoms with Gasteiger partial charge in [0.15, 0.2) is 0 Å². The molecule has 0 unspecified atom stereocenters. The van der Waals surface area contributed by atoms with Crippen molar-refractivity contribution in [2.45, 2.75) is 26.8 Å². The maximum absolute atomic E-state index is 9.31. The molecule has 0 atom stereocenters. The molecule has 0 N–H and O–H groups in total. The Hall–Kier alpha value is -3.58. The number of oxazole rings is 1. The van der Waals surface area contributed by atoms with E-state index in [9.17, 15) is 5.26 Å². The van der Waals surface area contributed by atoms with E-state index in [2.05, 4.69) is 35.9 Å². The van der Waals surface area contributed by atoms with Crippen LogP contribution in [0.5, 0.6) is 0 Å². The highest BCUT2D eigenvalue weighted by atomic mass is 16.4. The summed E-state index contributed by atoms with van der Waals surface area (Å²) in [7, 11) is 0. The Kier molecular flexibility index (Phi) is 4.82. The molecule has 0 saturated heterocycles. The fraction of sp³-hybridized carbons (Fsp3) is 0.167. The summed E-state index contributed by atoms with van der Waals surface area (Å²) in [6.07, 6.45) is 2.92. The Bertz CT molecular complexity index is 1140. The van der Waals surface area contributed by atoms with Gasteiger partial charge >= 0.3 is 0 Å². The van der Waals surface area contributed by atoms with E-state index in [0.717, 1.165) is 41.1 Å². The molecule has 2 aromatic carbocycles. The van der Waals surface area contributed by atoms with Crippen molar-refractivity contribution in [2.75, 3.05) is 0 Å². The maximum atomic E-state index is 9.31. The third-order valence-electron chi connectivity index (χ3n) is 5.03. The predicted molar refractivity (Wildman–Crippen MR) is 110 cm³/mol. The van der Waals surface area contributed by atoms with Crippen LogP contribution in [0.2, 0.25) is 0 Å². The number of aryl methyl sites for hydroxylation is 4. The normalized spacial score (nSPS) is 10.8. The minimum absolute atomic E-state index is 0.636. The molecule has 4 rings (SSSR count). The summed E-state index contributed by atoms with van der Waals surface area (Å²) in [6.45, 7) is 4.95. The summed E-state index contributed by atoms with van der Waals surface area (Å²) in [5.41, 5.74) is 5.78. The lowest BCUT2D eigenvalue weighted by atomic mass is 9.99. The monoisotopic (exact) mass is 367 g/mol. The first-order valence-electron chi connectivity index (χ1n) is 9.33. The lowest BCUT2D eigenvalue weighted by molar-refractivity contribution is 0.537. The molecule has 0 aliphatic carbocycles. The maximum Gasteiger partial charge on any atom is 0.226 e. The molecule has 0 aliphatic heterocycles. The van der Waals surface area contributed by atoms with Crippen molar-refractivity contribution in [3.8, 4) is 28.7 Å². The van der Waals surface area contributed by atoms with Gasteiger partial charge < -0.3 is 8.98 Å². The quantitative estimate of drug-likeness (QED) is 0.465. The number of nitrogens with zero attached hydrogens (tertiary/aromatic N) is 3. The van der Waals surface area contributed by atoms with Crippen LogP contribution in [0.25, 0.3) is 22.6 Å². The molecule has 0 bridgehead atoms. The van der Waals surface area contributed by atoms with Crippen LogP contribution >= 0.6 is 0 Å². The zero-order valence-electron chi connectivity index (χ0n) is 16.0. The van der Waals surface area contributed by atoms with E-state index in [1.165, 1.54) is 5.69 Å². The van der Waals surface area contributed by atoms with E-state index in [-0.39, 0.29) is 0 Å². The van der Waals surface area contributed by atoms with E-state index in [0.29, 0.717) is 11.5 Å². The van der Waals surface area contributed by atoms with Crippen molar-refractivity contribution in [1.29, 1.82) is 5.26 Å². The van der Waals surface area contributed by atoms with Gasteiger partial charge in [-0.25, -0.2) is 4.98 Å². The molecule has 0 spiro atoms. The van der Waals surface area contributed by atoms with Gasteiger partial charge in [-0.1, -0.05) is 30.3 Å². The lowest BCUT2D eigenvalue weighted by Gasteiger charge is -2.04.